The molecule has 0 radical (unpaired) electrons. The van der Waals surface area contributed by atoms with Crippen molar-refractivity contribution < 1.29 is 13.9 Å². The molecule has 0 saturated carbocycles. The zero-order valence-corrected chi connectivity index (χ0v) is 9.17. The molecule has 0 rings (SSSR count). The second-order valence-corrected chi connectivity index (χ2v) is 4.15. The summed E-state index contributed by atoms with van der Waals surface area (Å²) >= 11 is 0. The molecule has 1 N–H and O–H groups in total. The third-order valence-electron chi connectivity index (χ3n) is 1.31. The van der Waals surface area contributed by atoms with E-state index in [-0.39, 0.29) is 6.10 Å². The van der Waals surface area contributed by atoms with E-state index in [2.05, 4.69) is 13.8 Å². The molecule has 0 bridgehead atoms. The molecule has 0 spiro atoms. The van der Waals surface area contributed by atoms with Crippen molar-refractivity contribution in [2.45, 2.75) is 40.2 Å². The highest BCUT2D eigenvalue weighted by atomic mass is 31.2. The molecule has 0 aromatic carbocycles. The maximum absolute atomic E-state index is 9.15. The highest BCUT2D eigenvalue weighted by Crippen LogP contribution is 2.35. The first-order valence-corrected chi connectivity index (χ1v) is 5.48. The Kier molecular flexibility index (Phi) is 6.96. The zero-order valence-electron chi connectivity index (χ0n) is 8.28. The molecule has 0 aromatic rings. The average molecular weight is 194 g/mol. The van der Waals surface area contributed by atoms with E-state index < -0.39 is 8.60 Å². The number of rotatable bonds is 6. The van der Waals surface area contributed by atoms with Crippen LogP contribution in [0.15, 0.2) is 0 Å². The van der Waals surface area contributed by atoms with Gasteiger partial charge in [-0.2, -0.15) is 0 Å². The topological polar surface area (TPSA) is 38.7 Å². The Morgan fingerprint density at radius 1 is 1.33 bits per heavy atom. The third kappa shape index (κ3) is 6.99. The Bertz CT molecular complexity index is 108. The van der Waals surface area contributed by atoms with Gasteiger partial charge in [0.05, 0.1) is 12.7 Å². The van der Waals surface area contributed by atoms with E-state index in [1.165, 1.54) is 0 Å². The van der Waals surface area contributed by atoms with Gasteiger partial charge in [0.2, 0.25) is 0 Å². The Balaban J connectivity index is 3.46. The van der Waals surface area contributed by atoms with Crippen LogP contribution >= 0.6 is 8.60 Å². The Hall–Kier alpha value is 0.310. The van der Waals surface area contributed by atoms with Gasteiger partial charge in [-0.05, 0) is 26.2 Å². The van der Waals surface area contributed by atoms with E-state index in [0.29, 0.717) is 12.5 Å². The lowest BCUT2D eigenvalue weighted by molar-refractivity contribution is 0.142. The summed E-state index contributed by atoms with van der Waals surface area (Å²) in [6.07, 6.45) is 1.03. The second kappa shape index (κ2) is 6.79. The van der Waals surface area contributed by atoms with Crippen LogP contribution in [0, 0.1) is 5.92 Å². The lowest BCUT2D eigenvalue weighted by atomic mass is 10.1. The summed E-state index contributed by atoms with van der Waals surface area (Å²) in [6.45, 7) is 8.53. The standard InChI is InChI=1S/C8H19O3P/c1-5-10-12(9)11-8(4)6-7(2)3/h7-9H,5-6H2,1-4H3. The van der Waals surface area contributed by atoms with E-state index in [1.54, 1.807) is 0 Å². The van der Waals surface area contributed by atoms with Crippen molar-refractivity contribution >= 4 is 8.60 Å². The number of hydrogen-bond acceptors (Lipinski definition) is 3. The maximum Gasteiger partial charge on any atom is 0.330 e. The first kappa shape index (κ1) is 12.3. The summed E-state index contributed by atoms with van der Waals surface area (Å²) in [5, 5.41) is 0. The fourth-order valence-corrected chi connectivity index (χ4v) is 1.68. The van der Waals surface area contributed by atoms with Crippen LogP contribution in [0.1, 0.15) is 34.1 Å². The van der Waals surface area contributed by atoms with Gasteiger partial charge in [0, 0.05) is 0 Å². The largest absolute Gasteiger partial charge is 0.330 e. The summed E-state index contributed by atoms with van der Waals surface area (Å²) in [7, 11) is -1.65. The molecule has 0 aliphatic carbocycles. The minimum atomic E-state index is -1.65. The predicted octanol–water partition coefficient (Wildman–Crippen LogP) is 2.69. The monoisotopic (exact) mass is 194 g/mol. The van der Waals surface area contributed by atoms with Crippen molar-refractivity contribution in [1.82, 2.24) is 0 Å². The van der Waals surface area contributed by atoms with Gasteiger partial charge in [0.25, 0.3) is 0 Å². The van der Waals surface area contributed by atoms with Crippen molar-refractivity contribution in [3.05, 3.63) is 0 Å². The van der Waals surface area contributed by atoms with Gasteiger partial charge in [-0.15, -0.1) is 0 Å². The summed E-state index contributed by atoms with van der Waals surface area (Å²) in [5.74, 6) is 0.588. The highest BCUT2D eigenvalue weighted by Gasteiger charge is 2.12. The highest BCUT2D eigenvalue weighted by molar-refractivity contribution is 7.40. The minimum Gasteiger partial charge on any atom is -0.328 e. The van der Waals surface area contributed by atoms with Gasteiger partial charge in [0.15, 0.2) is 0 Å². The van der Waals surface area contributed by atoms with Crippen LogP contribution in [0.3, 0.4) is 0 Å². The summed E-state index contributed by atoms with van der Waals surface area (Å²) in [5.41, 5.74) is 0. The fourth-order valence-electron chi connectivity index (χ4n) is 1.00. The van der Waals surface area contributed by atoms with E-state index in [4.69, 9.17) is 13.9 Å². The van der Waals surface area contributed by atoms with Crippen LogP contribution in [-0.2, 0) is 9.05 Å². The smallest absolute Gasteiger partial charge is 0.328 e. The SMILES string of the molecule is CCOP(O)OC(C)CC(C)C. The zero-order chi connectivity index (χ0) is 9.56. The van der Waals surface area contributed by atoms with Gasteiger partial charge >= 0.3 is 8.60 Å². The molecule has 12 heavy (non-hydrogen) atoms. The van der Waals surface area contributed by atoms with E-state index >= 15 is 0 Å². The van der Waals surface area contributed by atoms with Crippen LogP contribution in [0.5, 0.6) is 0 Å². The molecule has 0 aromatic heterocycles. The molecule has 0 aliphatic rings. The van der Waals surface area contributed by atoms with E-state index in [0.717, 1.165) is 6.42 Å². The predicted molar refractivity (Wildman–Crippen MR) is 50.8 cm³/mol. The first-order chi connectivity index (χ1) is 5.56. The van der Waals surface area contributed by atoms with E-state index in [9.17, 15) is 0 Å². The van der Waals surface area contributed by atoms with Crippen LogP contribution in [-0.4, -0.2) is 17.6 Å². The minimum absolute atomic E-state index is 0.0765. The summed E-state index contributed by atoms with van der Waals surface area (Å²) < 4.78 is 10.1. The van der Waals surface area contributed by atoms with Gasteiger partial charge in [-0.25, -0.2) is 0 Å². The Labute approximate surface area is 76.1 Å². The first-order valence-electron chi connectivity index (χ1n) is 4.35. The van der Waals surface area contributed by atoms with Crippen molar-refractivity contribution in [3.8, 4) is 0 Å². The van der Waals surface area contributed by atoms with Crippen molar-refractivity contribution in [2.75, 3.05) is 6.61 Å². The van der Waals surface area contributed by atoms with Gasteiger partial charge < -0.3 is 13.9 Å². The molecule has 4 heteroatoms. The van der Waals surface area contributed by atoms with Crippen molar-refractivity contribution in [1.29, 1.82) is 0 Å². The lowest BCUT2D eigenvalue weighted by Crippen LogP contribution is -2.08. The lowest BCUT2D eigenvalue weighted by Gasteiger charge is -2.17. The van der Waals surface area contributed by atoms with E-state index in [1.807, 2.05) is 13.8 Å². The molecule has 2 atom stereocenters. The van der Waals surface area contributed by atoms with Crippen LogP contribution in [0.4, 0.5) is 0 Å². The van der Waals surface area contributed by atoms with Crippen LogP contribution < -0.4 is 0 Å². The van der Waals surface area contributed by atoms with Crippen LogP contribution in [0.25, 0.3) is 0 Å². The van der Waals surface area contributed by atoms with Gasteiger partial charge in [-0.1, -0.05) is 13.8 Å². The summed E-state index contributed by atoms with van der Waals surface area (Å²) in [4.78, 5) is 9.15. The molecule has 0 amide bonds. The molecule has 0 saturated heterocycles. The molecule has 2 unspecified atom stereocenters. The molecule has 0 heterocycles. The molecular weight excluding hydrogens is 175 g/mol. The number of hydrogen-bond donors (Lipinski definition) is 1. The Morgan fingerprint density at radius 3 is 2.33 bits per heavy atom. The third-order valence-corrected chi connectivity index (χ3v) is 2.33. The molecular formula is C8H19O3P. The maximum atomic E-state index is 9.15. The quantitative estimate of drug-likeness (QED) is 0.660. The second-order valence-electron chi connectivity index (χ2n) is 3.20. The van der Waals surface area contributed by atoms with Gasteiger partial charge in [-0.3, -0.25) is 0 Å². The molecule has 0 fully saturated rings. The van der Waals surface area contributed by atoms with Crippen LogP contribution in [0.2, 0.25) is 0 Å². The normalized spacial score (nSPS) is 16.5. The Morgan fingerprint density at radius 2 is 1.92 bits per heavy atom. The fraction of sp³-hybridized carbons (Fsp3) is 1.00. The van der Waals surface area contributed by atoms with Gasteiger partial charge in [0.1, 0.15) is 0 Å². The molecule has 74 valence electrons. The van der Waals surface area contributed by atoms with Crippen molar-refractivity contribution in [3.63, 3.8) is 0 Å². The average Bonchev–Trinajstić information content (AvgIpc) is 1.84. The molecule has 3 nitrogen and oxygen atoms in total. The molecule has 0 aliphatic heterocycles. The summed E-state index contributed by atoms with van der Waals surface area (Å²) in [6, 6.07) is 0. The van der Waals surface area contributed by atoms with Crippen molar-refractivity contribution in [2.24, 2.45) is 5.92 Å².